The summed E-state index contributed by atoms with van der Waals surface area (Å²) in [5, 5.41) is 5.79. The van der Waals surface area contributed by atoms with E-state index >= 15 is 0 Å². The van der Waals surface area contributed by atoms with Crippen LogP contribution in [0.1, 0.15) is 52.2 Å². The summed E-state index contributed by atoms with van der Waals surface area (Å²) < 4.78 is 0. The quantitative estimate of drug-likeness (QED) is 0.907. The summed E-state index contributed by atoms with van der Waals surface area (Å²) in [6.07, 6.45) is 4.33. The molecule has 2 aromatic rings. The fraction of sp³-hybridized carbons (Fsp3) is 0.316. The van der Waals surface area contributed by atoms with Crippen LogP contribution in [0.3, 0.4) is 0 Å². The van der Waals surface area contributed by atoms with Crippen molar-refractivity contribution in [1.29, 1.82) is 0 Å². The van der Waals surface area contributed by atoms with Gasteiger partial charge in [-0.1, -0.05) is 31.0 Å². The Morgan fingerprint density at radius 2 is 1.67 bits per heavy atom. The molecule has 3 rings (SSSR count). The fourth-order valence-corrected chi connectivity index (χ4v) is 2.94. The molecule has 0 radical (unpaired) electrons. The molecule has 1 saturated carbocycles. The normalized spacial score (nSPS) is 14.4. The van der Waals surface area contributed by atoms with Crippen LogP contribution in [-0.2, 0) is 0 Å². The first kappa shape index (κ1) is 16.2. The van der Waals surface area contributed by atoms with Gasteiger partial charge in [-0.05, 0) is 49.6 Å². The summed E-state index contributed by atoms with van der Waals surface area (Å²) in [4.78, 5) is 28.8. The Morgan fingerprint density at radius 1 is 1.00 bits per heavy atom. The maximum absolute atomic E-state index is 12.3. The molecule has 1 aromatic carbocycles. The van der Waals surface area contributed by atoms with E-state index in [9.17, 15) is 9.59 Å². The summed E-state index contributed by atoms with van der Waals surface area (Å²) in [6.45, 7) is 1.96. The maximum atomic E-state index is 12.3. The van der Waals surface area contributed by atoms with Gasteiger partial charge in [0.25, 0.3) is 11.8 Å². The molecule has 124 valence electrons. The van der Waals surface area contributed by atoms with Crippen LogP contribution in [-0.4, -0.2) is 22.8 Å². The van der Waals surface area contributed by atoms with Crippen LogP contribution >= 0.6 is 0 Å². The topological polar surface area (TPSA) is 71.1 Å². The zero-order valence-corrected chi connectivity index (χ0v) is 13.7. The molecular weight excluding hydrogens is 302 g/mol. The first-order chi connectivity index (χ1) is 11.6. The number of anilines is 1. The third-order valence-electron chi connectivity index (χ3n) is 4.18. The summed E-state index contributed by atoms with van der Waals surface area (Å²) in [6, 6.07) is 12.7. The number of aryl methyl sites for hydroxylation is 1. The number of pyridine rings is 1. The number of carbonyl (C=O) groups is 2. The smallest absolute Gasteiger partial charge is 0.274 e. The predicted molar refractivity (Wildman–Crippen MR) is 93.1 cm³/mol. The van der Waals surface area contributed by atoms with Gasteiger partial charge in [0.2, 0.25) is 0 Å². The highest BCUT2D eigenvalue weighted by Crippen LogP contribution is 2.18. The van der Waals surface area contributed by atoms with Crippen molar-refractivity contribution >= 4 is 17.5 Å². The number of nitrogens with zero attached hydrogens (tertiary/aromatic N) is 1. The van der Waals surface area contributed by atoms with Crippen molar-refractivity contribution in [3.05, 3.63) is 59.4 Å². The third kappa shape index (κ3) is 3.98. The van der Waals surface area contributed by atoms with Crippen LogP contribution < -0.4 is 10.6 Å². The lowest BCUT2D eigenvalue weighted by Crippen LogP contribution is -2.33. The van der Waals surface area contributed by atoms with Crippen molar-refractivity contribution < 1.29 is 9.59 Å². The summed E-state index contributed by atoms with van der Waals surface area (Å²) in [7, 11) is 0. The molecule has 2 N–H and O–H groups in total. The molecule has 1 fully saturated rings. The number of hydrogen-bond donors (Lipinski definition) is 2. The molecule has 1 aliphatic carbocycles. The molecule has 2 amide bonds. The minimum Gasteiger partial charge on any atom is -0.348 e. The highest BCUT2D eigenvalue weighted by Gasteiger charge is 2.19. The highest BCUT2D eigenvalue weighted by atomic mass is 16.2. The Hall–Kier alpha value is -2.69. The maximum Gasteiger partial charge on any atom is 0.274 e. The van der Waals surface area contributed by atoms with Crippen molar-refractivity contribution in [2.24, 2.45) is 0 Å². The van der Waals surface area contributed by atoms with Crippen LogP contribution in [0.4, 0.5) is 5.69 Å². The van der Waals surface area contributed by atoms with Gasteiger partial charge in [-0.25, -0.2) is 4.98 Å². The molecule has 0 unspecified atom stereocenters. The Kier molecular flexibility index (Phi) is 4.89. The summed E-state index contributed by atoms with van der Waals surface area (Å²) >= 11 is 0. The Morgan fingerprint density at radius 3 is 2.38 bits per heavy atom. The van der Waals surface area contributed by atoms with Gasteiger partial charge in [0, 0.05) is 11.7 Å². The number of benzene rings is 1. The second-order valence-electron chi connectivity index (χ2n) is 6.19. The van der Waals surface area contributed by atoms with E-state index in [1.165, 1.54) is 0 Å². The van der Waals surface area contributed by atoms with Gasteiger partial charge >= 0.3 is 0 Å². The van der Waals surface area contributed by atoms with Crippen LogP contribution in [0.2, 0.25) is 0 Å². The second kappa shape index (κ2) is 7.25. The molecule has 0 saturated heterocycles. The van der Waals surface area contributed by atoms with Crippen LogP contribution in [0.15, 0.2) is 42.5 Å². The molecular formula is C19H21N3O2. The minimum atomic E-state index is -0.323. The number of nitrogens with one attached hydrogen (secondary N) is 2. The van der Waals surface area contributed by atoms with Gasteiger partial charge in [0.15, 0.2) is 0 Å². The van der Waals surface area contributed by atoms with Crippen molar-refractivity contribution in [2.75, 3.05) is 5.32 Å². The molecule has 0 bridgehead atoms. The molecule has 5 nitrogen and oxygen atoms in total. The average molecular weight is 323 g/mol. The lowest BCUT2D eigenvalue weighted by Gasteiger charge is -2.12. The lowest BCUT2D eigenvalue weighted by molar-refractivity contribution is 0.0932. The van der Waals surface area contributed by atoms with Crippen LogP contribution in [0.5, 0.6) is 0 Å². The predicted octanol–water partition coefficient (Wildman–Crippen LogP) is 3.31. The Balaban J connectivity index is 1.69. The van der Waals surface area contributed by atoms with E-state index in [4.69, 9.17) is 0 Å². The molecule has 5 heteroatoms. The molecule has 1 aromatic heterocycles. The molecule has 1 heterocycles. The molecule has 0 atom stereocenters. The van der Waals surface area contributed by atoms with Crippen molar-refractivity contribution in [1.82, 2.24) is 10.3 Å². The first-order valence-corrected chi connectivity index (χ1v) is 8.28. The van der Waals surface area contributed by atoms with E-state index in [1.807, 2.05) is 31.2 Å². The summed E-state index contributed by atoms with van der Waals surface area (Å²) in [5.41, 5.74) is 2.28. The standard InChI is InChI=1S/C19H21N3O2/c1-13-6-4-9-15(12-13)21-19(24)17-11-5-10-16(22-17)18(23)20-14-7-2-3-8-14/h4-6,9-12,14H,2-3,7-8H2,1H3,(H,20,23)(H,21,24). The van der Waals surface area contributed by atoms with Gasteiger partial charge in [-0.15, -0.1) is 0 Å². The van der Waals surface area contributed by atoms with E-state index in [1.54, 1.807) is 18.2 Å². The van der Waals surface area contributed by atoms with Gasteiger partial charge in [0.1, 0.15) is 11.4 Å². The summed E-state index contributed by atoms with van der Waals surface area (Å²) in [5.74, 6) is -0.539. The van der Waals surface area contributed by atoms with Gasteiger partial charge in [0.05, 0.1) is 0 Å². The molecule has 24 heavy (non-hydrogen) atoms. The van der Waals surface area contributed by atoms with Gasteiger partial charge in [-0.2, -0.15) is 0 Å². The van der Waals surface area contributed by atoms with Crippen LogP contribution in [0, 0.1) is 6.92 Å². The second-order valence-corrected chi connectivity index (χ2v) is 6.19. The number of amides is 2. The zero-order chi connectivity index (χ0) is 16.9. The third-order valence-corrected chi connectivity index (χ3v) is 4.18. The largest absolute Gasteiger partial charge is 0.348 e. The molecule has 0 spiro atoms. The van der Waals surface area contributed by atoms with E-state index in [-0.39, 0.29) is 29.2 Å². The number of aromatic nitrogens is 1. The highest BCUT2D eigenvalue weighted by molar-refractivity contribution is 6.03. The fourth-order valence-electron chi connectivity index (χ4n) is 2.94. The minimum absolute atomic E-state index is 0.216. The van der Waals surface area contributed by atoms with Crippen LogP contribution in [0.25, 0.3) is 0 Å². The average Bonchev–Trinajstić information content (AvgIpc) is 3.08. The number of carbonyl (C=O) groups excluding carboxylic acids is 2. The number of rotatable bonds is 4. The monoisotopic (exact) mass is 323 g/mol. The molecule has 1 aliphatic rings. The van der Waals surface area contributed by atoms with Gasteiger partial charge < -0.3 is 10.6 Å². The van der Waals surface area contributed by atoms with E-state index in [0.29, 0.717) is 5.69 Å². The SMILES string of the molecule is Cc1cccc(NC(=O)c2cccc(C(=O)NC3CCCC3)n2)c1. The van der Waals surface area contributed by atoms with Crippen molar-refractivity contribution in [2.45, 2.75) is 38.6 Å². The Bertz CT molecular complexity index is 752. The lowest BCUT2D eigenvalue weighted by atomic mass is 10.2. The Labute approximate surface area is 141 Å². The van der Waals surface area contributed by atoms with E-state index in [2.05, 4.69) is 15.6 Å². The van der Waals surface area contributed by atoms with E-state index < -0.39 is 0 Å². The van der Waals surface area contributed by atoms with Crippen molar-refractivity contribution in [3.8, 4) is 0 Å². The zero-order valence-electron chi connectivity index (χ0n) is 13.7. The van der Waals surface area contributed by atoms with Crippen molar-refractivity contribution in [3.63, 3.8) is 0 Å². The first-order valence-electron chi connectivity index (χ1n) is 8.28. The van der Waals surface area contributed by atoms with Gasteiger partial charge in [-0.3, -0.25) is 9.59 Å². The molecule has 0 aliphatic heterocycles. The van der Waals surface area contributed by atoms with E-state index in [0.717, 1.165) is 31.2 Å². The number of hydrogen-bond acceptors (Lipinski definition) is 3.